The zero-order chi connectivity index (χ0) is 22.3. The third kappa shape index (κ3) is 3.92. The third-order valence-electron chi connectivity index (χ3n) is 6.11. The SMILES string of the molecule is CC1=C(C(=O)Nc2ccccc2F)[C@@H](c2ccccc2C)C2=C(CC(C)(C)CC2=O)N1. The van der Waals surface area contributed by atoms with Gasteiger partial charge in [0, 0.05) is 34.9 Å². The molecule has 1 aliphatic heterocycles. The summed E-state index contributed by atoms with van der Waals surface area (Å²) in [4.78, 5) is 26.7. The van der Waals surface area contributed by atoms with Gasteiger partial charge in [0.1, 0.15) is 5.82 Å². The van der Waals surface area contributed by atoms with Gasteiger partial charge >= 0.3 is 0 Å². The van der Waals surface area contributed by atoms with Gasteiger partial charge in [-0.2, -0.15) is 0 Å². The number of rotatable bonds is 3. The second-order valence-corrected chi connectivity index (χ2v) is 9.22. The van der Waals surface area contributed by atoms with Crippen LogP contribution in [0, 0.1) is 18.2 Å². The molecule has 4 nitrogen and oxygen atoms in total. The van der Waals surface area contributed by atoms with E-state index in [9.17, 15) is 14.0 Å². The Morgan fingerprint density at radius 3 is 2.45 bits per heavy atom. The van der Waals surface area contributed by atoms with Crippen LogP contribution < -0.4 is 10.6 Å². The summed E-state index contributed by atoms with van der Waals surface area (Å²) in [6, 6.07) is 13.9. The number of allylic oxidation sites excluding steroid dienone is 3. The molecule has 0 saturated carbocycles. The van der Waals surface area contributed by atoms with Crippen molar-refractivity contribution in [1.82, 2.24) is 5.32 Å². The minimum absolute atomic E-state index is 0.0516. The number of para-hydroxylation sites is 1. The lowest BCUT2D eigenvalue weighted by Crippen LogP contribution is -2.39. The Balaban J connectivity index is 1.84. The molecule has 1 amide bonds. The van der Waals surface area contributed by atoms with E-state index in [4.69, 9.17) is 0 Å². The Kier molecular flexibility index (Phi) is 5.29. The molecule has 1 aliphatic carbocycles. The molecular weight excluding hydrogens is 391 g/mol. The largest absolute Gasteiger partial charge is 0.362 e. The molecule has 4 rings (SSSR count). The van der Waals surface area contributed by atoms with Gasteiger partial charge in [-0.1, -0.05) is 50.2 Å². The Hall–Kier alpha value is -3.21. The number of hydrogen-bond acceptors (Lipinski definition) is 3. The van der Waals surface area contributed by atoms with Gasteiger partial charge in [-0.15, -0.1) is 0 Å². The highest BCUT2D eigenvalue weighted by Gasteiger charge is 2.43. The second-order valence-electron chi connectivity index (χ2n) is 9.22. The monoisotopic (exact) mass is 418 g/mol. The molecule has 2 N–H and O–H groups in total. The number of Topliss-reactive ketones (excluding diaryl/α,β-unsaturated/α-hetero) is 1. The van der Waals surface area contributed by atoms with Gasteiger partial charge in [-0.25, -0.2) is 4.39 Å². The molecule has 0 radical (unpaired) electrons. The lowest BCUT2D eigenvalue weighted by atomic mass is 9.68. The summed E-state index contributed by atoms with van der Waals surface area (Å²) in [5.41, 5.74) is 4.56. The Morgan fingerprint density at radius 2 is 1.74 bits per heavy atom. The molecule has 5 heteroatoms. The number of halogens is 1. The molecule has 0 unspecified atom stereocenters. The van der Waals surface area contributed by atoms with Crippen LogP contribution in [0.25, 0.3) is 0 Å². The van der Waals surface area contributed by atoms with E-state index in [1.807, 2.05) is 38.1 Å². The van der Waals surface area contributed by atoms with Crippen LogP contribution in [-0.4, -0.2) is 11.7 Å². The molecule has 0 saturated heterocycles. The molecule has 0 spiro atoms. The van der Waals surface area contributed by atoms with Crippen molar-refractivity contribution >= 4 is 17.4 Å². The van der Waals surface area contributed by atoms with Crippen molar-refractivity contribution in [3.8, 4) is 0 Å². The van der Waals surface area contributed by atoms with E-state index in [1.165, 1.54) is 12.1 Å². The lowest BCUT2D eigenvalue weighted by Gasteiger charge is -2.40. The highest BCUT2D eigenvalue weighted by molar-refractivity contribution is 6.10. The first kappa shape index (κ1) is 21.0. The summed E-state index contributed by atoms with van der Waals surface area (Å²) in [5.74, 6) is -1.35. The molecule has 31 heavy (non-hydrogen) atoms. The summed E-state index contributed by atoms with van der Waals surface area (Å²) >= 11 is 0. The number of carbonyl (C=O) groups is 2. The Bertz CT molecular complexity index is 1140. The molecular formula is C26H27FN2O2. The summed E-state index contributed by atoms with van der Waals surface area (Å²) in [5, 5.41) is 6.05. The average Bonchev–Trinajstić information content (AvgIpc) is 2.68. The summed E-state index contributed by atoms with van der Waals surface area (Å²) in [6.07, 6.45) is 1.16. The number of dihydropyridines is 1. The molecule has 160 valence electrons. The fraction of sp³-hybridized carbons (Fsp3) is 0.308. The molecule has 0 bridgehead atoms. The van der Waals surface area contributed by atoms with E-state index in [0.29, 0.717) is 23.3 Å². The van der Waals surface area contributed by atoms with Crippen molar-refractivity contribution in [2.24, 2.45) is 5.41 Å². The number of hydrogen-bond donors (Lipinski definition) is 2. The quantitative estimate of drug-likeness (QED) is 0.704. The minimum Gasteiger partial charge on any atom is -0.362 e. The van der Waals surface area contributed by atoms with Crippen molar-refractivity contribution < 1.29 is 14.0 Å². The fourth-order valence-corrected chi connectivity index (χ4v) is 4.71. The number of anilines is 1. The lowest BCUT2D eigenvalue weighted by molar-refractivity contribution is -0.118. The Morgan fingerprint density at radius 1 is 1.06 bits per heavy atom. The number of amides is 1. The van der Waals surface area contributed by atoms with E-state index >= 15 is 0 Å². The van der Waals surface area contributed by atoms with Crippen molar-refractivity contribution in [2.75, 3.05) is 5.32 Å². The number of carbonyl (C=O) groups excluding carboxylic acids is 2. The van der Waals surface area contributed by atoms with Crippen molar-refractivity contribution in [3.05, 3.63) is 88.0 Å². The molecule has 1 heterocycles. The van der Waals surface area contributed by atoms with Crippen LogP contribution >= 0.6 is 0 Å². The summed E-state index contributed by atoms with van der Waals surface area (Å²) < 4.78 is 14.2. The minimum atomic E-state index is -0.499. The average molecular weight is 419 g/mol. The van der Waals surface area contributed by atoms with Crippen molar-refractivity contribution in [2.45, 2.75) is 46.5 Å². The maximum Gasteiger partial charge on any atom is 0.254 e. The normalized spacial score (nSPS) is 20.3. The molecule has 0 aromatic heterocycles. The van der Waals surface area contributed by atoms with E-state index in [2.05, 4.69) is 24.5 Å². The van der Waals surface area contributed by atoms with Crippen LogP contribution in [0.4, 0.5) is 10.1 Å². The molecule has 2 aliphatic rings. The molecule has 0 fully saturated rings. The van der Waals surface area contributed by atoms with Crippen molar-refractivity contribution in [1.29, 1.82) is 0 Å². The first-order chi connectivity index (χ1) is 14.7. The van der Waals surface area contributed by atoms with Gasteiger partial charge < -0.3 is 10.6 Å². The fourth-order valence-electron chi connectivity index (χ4n) is 4.71. The van der Waals surface area contributed by atoms with Gasteiger partial charge in [-0.05, 0) is 48.9 Å². The number of nitrogens with one attached hydrogen (secondary N) is 2. The highest BCUT2D eigenvalue weighted by atomic mass is 19.1. The zero-order valence-electron chi connectivity index (χ0n) is 18.3. The first-order valence-corrected chi connectivity index (χ1v) is 10.5. The smallest absolute Gasteiger partial charge is 0.254 e. The number of benzene rings is 2. The first-order valence-electron chi connectivity index (χ1n) is 10.5. The van der Waals surface area contributed by atoms with Gasteiger partial charge in [0.2, 0.25) is 0 Å². The van der Waals surface area contributed by atoms with E-state index in [1.54, 1.807) is 12.1 Å². The maximum absolute atomic E-state index is 14.2. The van der Waals surface area contributed by atoms with Gasteiger partial charge in [0.15, 0.2) is 5.78 Å². The van der Waals surface area contributed by atoms with E-state index in [0.717, 1.165) is 23.2 Å². The van der Waals surface area contributed by atoms with Gasteiger partial charge in [0.25, 0.3) is 5.91 Å². The molecule has 2 aromatic rings. The third-order valence-corrected chi connectivity index (χ3v) is 6.11. The predicted molar refractivity (Wildman–Crippen MR) is 120 cm³/mol. The summed E-state index contributed by atoms with van der Waals surface area (Å²) in [7, 11) is 0. The van der Waals surface area contributed by atoms with E-state index < -0.39 is 17.6 Å². The standard InChI is InChI=1S/C26H27FN2O2/c1-15-9-5-6-10-17(15)23-22(25(31)29-19-12-8-7-11-18(19)27)16(2)28-20-13-26(3,4)14-21(30)24(20)23/h5-12,23,28H,13-14H2,1-4H3,(H,29,31)/t23-/m1/s1. The molecule has 1 atom stereocenters. The van der Waals surface area contributed by atoms with Crippen LogP contribution in [0.1, 0.15) is 50.7 Å². The predicted octanol–water partition coefficient (Wildman–Crippen LogP) is 5.38. The summed E-state index contributed by atoms with van der Waals surface area (Å²) in [6.45, 7) is 7.99. The van der Waals surface area contributed by atoms with Crippen LogP contribution in [0.2, 0.25) is 0 Å². The van der Waals surface area contributed by atoms with E-state index in [-0.39, 0.29) is 16.9 Å². The van der Waals surface area contributed by atoms with Crippen LogP contribution in [0.5, 0.6) is 0 Å². The number of aryl methyl sites for hydroxylation is 1. The van der Waals surface area contributed by atoms with Gasteiger partial charge in [0.05, 0.1) is 5.69 Å². The van der Waals surface area contributed by atoms with Gasteiger partial charge in [-0.3, -0.25) is 9.59 Å². The topological polar surface area (TPSA) is 58.2 Å². The molecule has 2 aromatic carbocycles. The van der Waals surface area contributed by atoms with Crippen molar-refractivity contribution in [3.63, 3.8) is 0 Å². The van der Waals surface area contributed by atoms with Crippen LogP contribution in [0.3, 0.4) is 0 Å². The number of ketones is 1. The maximum atomic E-state index is 14.2. The second kappa shape index (κ2) is 7.80. The van der Waals surface area contributed by atoms with Crippen LogP contribution in [0.15, 0.2) is 71.1 Å². The van der Waals surface area contributed by atoms with Crippen LogP contribution in [-0.2, 0) is 9.59 Å². The zero-order valence-corrected chi connectivity index (χ0v) is 18.3. The highest BCUT2D eigenvalue weighted by Crippen LogP contribution is 2.47. The Labute approximate surface area is 182 Å².